The van der Waals surface area contributed by atoms with Gasteiger partial charge in [-0.1, -0.05) is 39.8 Å². The number of carboxylic acids is 1. The molecule has 0 aliphatic rings. The Labute approximate surface area is 171 Å². The number of carboxylic acid groups (broad SMARTS) is 1. The molecule has 0 aliphatic heterocycles. The Hall–Kier alpha value is -3.64. The lowest BCUT2D eigenvalue weighted by Crippen LogP contribution is -2.03. The molecule has 0 unspecified atom stereocenters. The Balaban J connectivity index is 0.000000291. The molecule has 6 heteroatoms. The maximum atomic E-state index is 11.2. The Morgan fingerprint density at radius 2 is 1.28 bits per heavy atom. The van der Waals surface area contributed by atoms with E-state index in [2.05, 4.69) is 10.8 Å². The van der Waals surface area contributed by atoms with Gasteiger partial charge in [0.1, 0.15) is 0 Å². The normalized spacial score (nSPS) is 9.83. The van der Waals surface area contributed by atoms with E-state index in [0.29, 0.717) is 16.7 Å². The van der Waals surface area contributed by atoms with Crippen LogP contribution in [0.2, 0.25) is 0 Å². The second-order valence-corrected chi connectivity index (χ2v) is 6.93. The van der Waals surface area contributed by atoms with Crippen molar-refractivity contribution in [3.8, 4) is 12.1 Å². The lowest BCUT2D eigenvalue weighted by molar-refractivity contribution is 0.0599. The molecule has 0 amide bonds. The van der Waals surface area contributed by atoms with Gasteiger partial charge in [-0.15, -0.1) is 0 Å². The van der Waals surface area contributed by atoms with Crippen LogP contribution in [0.15, 0.2) is 36.4 Å². The number of nitrogens with zero attached hydrogens (tertiary/aromatic N) is 2. The highest BCUT2D eigenvalue weighted by Crippen LogP contribution is 2.21. The van der Waals surface area contributed by atoms with Gasteiger partial charge in [-0.05, 0) is 47.2 Å². The molecule has 0 atom stereocenters. The van der Waals surface area contributed by atoms with Crippen molar-refractivity contribution in [1.29, 1.82) is 10.5 Å². The van der Waals surface area contributed by atoms with Crippen molar-refractivity contribution in [2.24, 2.45) is 0 Å². The zero-order valence-electron chi connectivity index (χ0n) is 17.2. The summed E-state index contributed by atoms with van der Waals surface area (Å²) in [6, 6.07) is 13.8. The first kappa shape index (κ1) is 23.4. The monoisotopic (exact) mass is 392 g/mol. The summed E-state index contributed by atoms with van der Waals surface area (Å²) >= 11 is 0. The number of esters is 1. The number of hydrogen-bond donors (Lipinski definition) is 1. The third-order valence-corrected chi connectivity index (χ3v) is 4.26. The summed E-state index contributed by atoms with van der Waals surface area (Å²) < 4.78 is 4.59. The van der Waals surface area contributed by atoms with Crippen molar-refractivity contribution in [3.05, 3.63) is 69.8 Å². The fourth-order valence-corrected chi connectivity index (χ4v) is 2.69. The largest absolute Gasteiger partial charge is 0.478 e. The van der Waals surface area contributed by atoms with Crippen LogP contribution in [0.25, 0.3) is 0 Å². The molecule has 6 nitrogen and oxygen atoms in total. The Morgan fingerprint density at radius 3 is 1.62 bits per heavy atom. The average Bonchev–Trinajstić information content (AvgIpc) is 2.72. The maximum Gasteiger partial charge on any atom is 0.337 e. The van der Waals surface area contributed by atoms with Crippen LogP contribution in [-0.2, 0) is 4.74 Å². The summed E-state index contributed by atoms with van der Waals surface area (Å²) in [7, 11) is 1.32. The van der Waals surface area contributed by atoms with Gasteiger partial charge >= 0.3 is 11.9 Å². The first-order chi connectivity index (χ1) is 13.7. The van der Waals surface area contributed by atoms with Crippen molar-refractivity contribution in [1.82, 2.24) is 0 Å². The van der Waals surface area contributed by atoms with Crippen LogP contribution in [0.1, 0.15) is 82.5 Å². The predicted molar refractivity (Wildman–Crippen MR) is 109 cm³/mol. The van der Waals surface area contributed by atoms with E-state index in [-0.39, 0.29) is 17.4 Å². The van der Waals surface area contributed by atoms with Crippen LogP contribution < -0.4 is 0 Å². The van der Waals surface area contributed by atoms with E-state index in [1.807, 2.05) is 33.8 Å². The minimum Gasteiger partial charge on any atom is -0.478 e. The fraction of sp³-hybridized carbons (Fsp3) is 0.304. The summed E-state index contributed by atoms with van der Waals surface area (Å²) in [6.45, 7) is 7.95. The Kier molecular flexibility index (Phi) is 8.58. The van der Waals surface area contributed by atoms with Gasteiger partial charge in [0, 0.05) is 0 Å². The number of carbonyl (C=O) groups excluding carboxylic acids is 1. The Morgan fingerprint density at radius 1 is 0.862 bits per heavy atom. The highest BCUT2D eigenvalue weighted by Gasteiger charge is 2.11. The third-order valence-electron chi connectivity index (χ3n) is 4.26. The van der Waals surface area contributed by atoms with Crippen molar-refractivity contribution in [3.63, 3.8) is 0 Å². The number of rotatable bonds is 4. The number of benzene rings is 2. The van der Waals surface area contributed by atoms with Crippen LogP contribution in [0, 0.1) is 22.7 Å². The third kappa shape index (κ3) is 6.19. The highest BCUT2D eigenvalue weighted by molar-refractivity contribution is 5.90. The molecule has 0 saturated heterocycles. The van der Waals surface area contributed by atoms with Crippen LogP contribution in [-0.4, -0.2) is 24.2 Å². The molecular weight excluding hydrogens is 368 g/mol. The molecule has 2 aromatic rings. The number of methoxy groups -OCH3 is 1. The van der Waals surface area contributed by atoms with E-state index in [9.17, 15) is 9.59 Å². The van der Waals surface area contributed by atoms with Gasteiger partial charge in [0.25, 0.3) is 0 Å². The summed E-state index contributed by atoms with van der Waals surface area (Å²) in [5.74, 6) is -0.919. The van der Waals surface area contributed by atoms with Gasteiger partial charge in [-0.25, -0.2) is 9.59 Å². The van der Waals surface area contributed by atoms with Gasteiger partial charge in [-0.3, -0.25) is 0 Å². The molecule has 0 fully saturated rings. The quantitative estimate of drug-likeness (QED) is 0.745. The lowest BCUT2D eigenvalue weighted by Gasteiger charge is -2.08. The lowest BCUT2D eigenvalue weighted by atomic mass is 9.96. The van der Waals surface area contributed by atoms with Crippen LogP contribution >= 0.6 is 0 Å². The fourth-order valence-electron chi connectivity index (χ4n) is 2.69. The average molecular weight is 392 g/mol. The smallest absolute Gasteiger partial charge is 0.337 e. The highest BCUT2D eigenvalue weighted by atomic mass is 16.5. The molecule has 2 rings (SSSR count). The molecule has 0 radical (unpaired) electrons. The second kappa shape index (κ2) is 10.6. The van der Waals surface area contributed by atoms with Gasteiger partial charge in [0.05, 0.1) is 41.5 Å². The van der Waals surface area contributed by atoms with Crippen LogP contribution in [0.3, 0.4) is 0 Å². The molecular formula is C23H24N2O4. The standard InChI is InChI=1S/C12H13NO2.C11H11NO2/c1-8(2)11-5-4-9(12(14)15-3)6-10(11)7-13;1-7(2)10-4-3-8(11(13)14)5-9(10)6-12/h4-6,8H,1-3H3;3-5,7H,1-2H3,(H,13,14). The number of hydrogen-bond acceptors (Lipinski definition) is 5. The van der Waals surface area contributed by atoms with E-state index < -0.39 is 11.9 Å². The molecule has 0 saturated carbocycles. The number of nitriles is 2. The first-order valence-corrected chi connectivity index (χ1v) is 9.05. The zero-order valence-corrected chi connectivity index (χ0v) is 17.2. The SMILES string of the molecule is CC(C)c1ccc(C(=O)O)cc1C#N.COC(=O)c1ccc(C(C)C)c(C#N)c1. The van der Waals surface area contributed by atoms with E-state index >= 15 is 0 Å². The number of aromatic carboxylic acids is 1. The molecule has 29 heavy (non-hydrogen) atoms. The van der Waals surface area contributed by atoms with Gasteiger partial charge in [0.15, 0.2) is 0 Å². The summed E-state index contributed by atoms with van der Waals surface area (Å²) in [4.78, 5) is 21.9. The van der Waals surface area contributed by atoms with Crippen molar-refractivity contribution in [2.75, 3.05) is 7.11 Å². The summed E-state index contributed by atoms with van der Waals surface area (Å²) in [6.07, 6.45) is 0. The van der Waals surface area contributed by atoms with Crippen molar-refractivity contribution >= 4 is 11.9 Å². The zero-order chi connectivity index (χ0) is 22.1. The maximum absolute atomic E-state index is 11.2. The summed E-state index contributed by atoms with van der Waals surface area (Å²) in [5, 5.41) is 26.5. The van der Waals surface area contributed by atoms with Crippen molar-refractivity contribution in [2.45, 2.75) is 39.5 Å². The predicted octanol–water partition coefficient (Wildman–Crippen LogP) is 4.85. The molecule has 150 valence electrons. The van der Waals surface area contributed by atoms with Crippen LogP contribution in [0.5, 0.6) is 0 Å². The van der Waals surface area contributed by atoms with Crippen LogP contribution in [0.4, 0.5) is 0 Å². The van der Waals surface area contributed by atoms with Crippen molar-refractivity contribution < 1.29 is 19.4 Å². The summed E-state index contributed by atoms with van der Waals surface area (Å²) in [5.41, 5.74) is 3.39. The molecule has 1 N–H and O–H groups in total. The van der Waals surface area contributed by atoms with E-state index in [4.69, 9.17) is 15.6 Å². The number of carbonyl (C=O) groups is 2. The molecule has 0 heterocycles. The van der Waals surface area contributed by atoms with Gasteiger partial charge < -0.3 is 9.84 Å². The minimum atomic E-state index is -1.00. The second-order valence-electron chi connectivity index (χ2n) is 6.93. The Bertz CT molecular complexity index is 979. The van der Waals surface area contributed by atoms with E-state index in [1.54, 1.807) is 24.3 Å². The topological polar surface area (TPSA) is 111 Å². The molecule has 0 spiro atoms. The van der Waals surface area contributed by atoms with Gasteiger partial charge in [0.2, 0.25) is 0 Å². The molecule has 0 bridgehead atoms. The van der Waals surface area contributed by atoms with E-state index in [1.165, 1.54) is 19.2 Å². The van der Waals surface area contributed by atoms with Gasteiger partial charge in [-0.2, -0.15) is 10.5 Å². The molecule has 2 aromatic carbocycles. The molecule has 0 aliphatic carbocycles. The molecule has 0 aromatic heterocycles. The number of ether oxygens (including phenoxy) is 1. The van der Waals surface area contributed by atoms with E-state index in [0.717, 1.165) is 11.1 Å². The first-order valence-electron chi connectivity index (χ1n) is 9.05. The minimum absolute atomic E-state index is 0.158.